The molecule has 0 saturated heterocycles. The van der Waals surface area contributed by atoms with Gasteiger partial charge in [0.05, 0.1) is 5.56 Å². The fraction of sp³-hybridized carbons (Fsp3) is 0.273. The van der Waals surface area contributed by atoms with Gasteiger partial charge in [-0.25, -0.2) is 4.79 Å². The minimum Gasteiger partial charge on any atom is -0.507 e. The van der Waals surface area contributed by atoms with Crippen molar-refractivity contribution in [3.05, 3.63) is 28.2 Å². The normalized spacial score (nSPS) is 14.4. The summed E-state index contributed by atoms with van der Waals surface area (Å²) < 4.78 is 38.6. The van der Waals surface area contributed by atoms with Crippen molar-refractivity contribution in [2.75, 3.05) is 0 Å². The summed E-state index contributed by atoms with van der Waals surface area (Å²) in [5.41, 5.74) is -3.92. The molecule has 1 aromatic rings. The Morgan fingerprint density at radius 1 is 1.30 bits per heavy atom. The summed E-state index contributed by atoms with van der Waals surface area (Å²) in [5.74, 6) is -4.18. The molecule has 1 unspecified atom stereocenters. The Morgan fingerprint density at radius 2 is 1.85 bits per heavy atom. The SMILES string of the molecule is CC(NC(=O)c1ccc(Br)cc1O)(C(=O)O)C(F)(F)F. The minimum absolute atomic E-state index is 0.323. The number of carboxylic acid groups (broad SMARTS) is 1. The molecule has 3 N–H and O–H groups in total. The molecule has 0 fully saturated rings. The fourth-order valence-corrected chi connectivity index (χ4v) is 1.59. The second-order valence-corrected chi connectivity index (χ2v) is 4.96. The third kappa shape index (κ3) is 3.03. The Labute approximate surface area is 119 Å². The number of hydrogen-bond donors (Lipinski definition) is 3. The Bertz CT molecular complexity index is 561. The van der Waals surface area contributed by atoms with Gasteiger partial charge < -0.3 is 15.5 Å². The van der Waals surface area contributed by atoms with Crippen LogP contribution in [0.1, 0.15) is 17.3 Å². The average Bonchev–Trinajstić information content (AvgIpc) is 2.26. The number of benzene rings is 1. The zero-order valence-electron chi connectivity index (χ0n) is 9.95. The molecule has 5 nitrogen and oxygen atoms in total. The maximum Gasteiger partial charge on any atom is 0.422 e. The number of carboxylic acids is 1. The molecule has 0 aromatic heterocycles. The number of aliphatic carboxylic acids is 1. The first kappa shape index (κ1) is 16.3. The quantitative estimate of drug-likeness (QED) is 0.776. The Balaban J connectivity index is 3.13. The number of phenols is 1. The van der Waals surface area contributed by atoms with Gasteiger partial charge in [0.2, 0.25) is 5.54 Å². The monoisotopic (exact) mass is 355 g/mol. The number of rotatable bonds is 3. The van der Waals surface area contributed by atoms with Crippen molar-refractivity contribution >= 4 is 27.8 Å². The number of carbonyl (C=O) groups excluding carboxylic acids is 1. The second kappa shape index (κ2) is 5.31. The smallest absolute Gasteiger partial charge is 0.422 e. The van der Waals surface area contributed by atoms with E-state index in [1.54, 1.807) is 0 Å². The molecule has 1 atom stereocenters. The van der Waals surface area contributed by atoms with Gasteiger partial charge in [-0.05, 0) is 25.1 Å². The van der Waals surface area contributed by atoms with Gasteiger partial charge in [-0.1, -0.05) is 15.9 Å². The number of phenolic OH excluding ortho intramolecular Hbond substituents is 1. The molecule has 0 aliphatic carbocycles. The first-order valence-corrected chi connectivity index (χ1v) is 5.89. The van der Waals surface area contributed by atoms with Crippen LogP contribution in [-0.4, -0.2) is 33.8 Å². The average molecular weight is 356 g/mol. The molecule has 9 heteroatoms. The lowest BCUT2D eigenvalue weighted by Gasteiger charge is -2.28. The van der Waals surface area contributed by atoms with E-state index in [1.807, 2.05) is 0 Å². The van der Waals surface area contributed by atoms with Gasteiger partial charge in [0, 0.05) is 4.47 Å². The van der Waals surface area contributed by atoms with Gasteiger partial charge in [0.15, 0.2) is 0 Å². The van der Waals surface area contributed by atoms with E-state index >= 15 is 0 Å². The topological polar surface area (TPSA) is 86.6 Å². The zero-order valence-corrected chi connectivity index (χ0v) is 11.5. The van der Waals surface area contributed by atoms with E-state index in [-0.39, 0.29) is 0 Å². The first-order chi connectivity index (χ1) is 8.99. The van der Waals surface area contributed by atoms with E-state index < -0.39 is 34.9 Å². The summed E-state index contributed by atoms with van der Waals surface area (Å²) in [6, 6.07) is 3.48. The van der Waals surface area contributed by atoms with Crippen LogP contribution in [0.2, 0.25) is 0 Å². The lowest BCUT2D eigenvalue weighted by molar-refractivity contribution is -0.203. The van der Waals surface area contributed by atoms with Crippen LogP contribution in [0.5, 0.6) is 5.75 Å². The highest BCUT2D eigenvalue weighted by molar-refractivity contribution is 9.10. The maximum absolute atomic E-state index is 12.7. The van der Waals surface area contributed by atoms with Crippen molar-refractivity contribution in [2.45, 2.75) is 18.6 Å². The van der Waals surface area contributed by atoms with Crippen LogP contribution in [0.25, 0.3) is 0 Å². The van der Waals surface area contributed by atoms with Crippen LogP contribution >= 0.6 is 15.9 Å². The lowest BCUT2D eigenvalue weighted by atomic mass is 10.0. The molecule has 0 bridgehead atoms. The van der Waals surface area contributed by atoms with Crippen molar-refractivity contribution in [2.24, 2.45) is 0 Å². The summed E-state index contributed by atoms with van der Waals surface area (Å²) >= 11 is 3.00. The van der Waals surface area contributed by atoms with Crippen molar-refractivity contribution in [3.63, 3.8) is 0 Å². The van der Waals surface area contributed by atoms with Gasteiger partial charge in [0.1, 0.15) is 5.75 Å². The van der Waals surface area contributed by atoms with Crippen molar-refractivity contribution in [1.82, 2.24) is 5.32 Å². The molecule has 1 aromatic carbocycles. The standard InChI is InChI=1S/C11H9BrF3NO4/c1-10(9(19)20,11(13,14)15)16-8(18)6-3-2-5(12)4-7(6)17/h2-4,17H,1H3,(H,16,18)(H,19,20). The fourth-order valence-electron chi connectivity index (χ4n) is 1.24. The van der Waals surface area contributed by atoms with Crippen LogP contribution in [0, 0.1) is 0 Å². The highest BCUT2D eigenvalue weighted by atomic mass is 79.9. The molecule has 0 radical (unpaired) electrons. The van der Waals surface area contributed by atoms with E-state index in [0.29, 0.717) is 11.4 Å². The minimum atomic E-state index is -5.19. The molecule has 0 aliphatic heterocycles. The van der Waals surface area contributed by atoms with E-state index in [2.05, 4.69) is 15.9 Å². The summed E-state index contributed by atoms with van der Waals surface area (Å²) in [5, 5.41) is 19.5. The molecular formula is C11H9BrF3NO4. The molecule has 20 heavy (non-hydrogen) atoms. The Hall–Kier alpha value is -1.77. The summed E-state index contributed by atoms with van der Waals surface area (Å²) in [7, 11) is 0. The van der Waals surface area contributed by atoms with Gasteiger partial charge in [-0.3, -0.25) is 4.79 Å². The highest BCUT2D eigenvalue weighted by Crippen LogP contribution is 2.31. The molecule has 0 aliphatic rings. The third-order valence-corrected chi connectivity index (χ3v) is 3.06. The number of alkyl halides is 3. The summed E-state index contributed by atoms with van der Waals surface area (Å²) in [4.78, 5) is 22.5. The molecule has 0 saturated carbocycles. The molecule has 0 heterocycles. The molecular weight excluding hydrogens is 347 g/mol. The number of halogens is 4. The number of aromatic hydroxyl groups is 1. The summed E-state index contributed by atoms with van der Waals surface area (Å²) in [6.07, 6.45) is -5.19. The van der Waals surface area contributed by atoms with Crippen LogP contribution in [-0.2, 0) is 4.79 Å². The Morgan fingerprint density at radius 3 is 2.25 bits per heavy atom. The van der Waals surface area contributed by atoms with Crippen LogP contribution in [0.15, 0.2) is 22.7 Å². The largest absolute Gasteiger partial charge is 0.507 e. The predicted molar refractivity (Wildman–Crippen MR) is 65.4 cm³/mol. The number of nitrogens with one attached hydrogen (secondary N) is 1. The van der Waals surface area contributed by atoms with Crippen LogP contribution < -0.4 is 5.32 Å². The van der Waals surface area contributed by atoms with Gasteiger partial charge in [-0.2, -0.15) is 13.2 Å². The molecule has 0 spiro atoms. The van der Waals surface area contributed by atoms with Crippen LogP contribution in [0.4, 0.5) is 13.2 Å². The Kier molecular flexibility index (Phi) is 4.33. The molecule has 1 rings (SSSR count). The van der Waals surface area contributed by atoms with E-state index in [4.69, 9.17) is 5.11 Å². The lowest BCUT2D eigenvalue weighted by Crippen LogP contribution is -2.61. The van der Waals surface area contributed by atoms with E-state index in [9.17, 15) is 27.9 Å². The third-order valence-electron chi connectivity index (χ3n) is 2.56. The molecule has 1 amide bonds. The number of hydrogen-bond acceptors (Lipinski definition) is 3. The van der Waals surface area contributed by atoms with Gasteiger partial charge in [0.25, 0.3) is 5.91 Å². The maximum atomic E-state index is 12.7. The van der Waals surface area contributed by atoms with Crippen molar-refractivity contribution < 1.29 is 33.0 Å². The number of amides is 1. The highest BCUT2D eigenvalue weighted by Gasteiger charge is 2.58. The summed E-state index contributed by atoms with van der Waals surface area (Å²) in [6.45, 7) is 0.323. The van der Waals surface area contributed by atoms with Crippen molar-refractivity contribution in [1.29, 1.82) is 0 Å². The molecule has 110 valence electrons. The van der Waals surface area contributed by atoms with Crippen LogP contribution in [0.3, 0.4) is 0 Å². The van der Waals surface area contributed by atoms with Crippen molar-refractivity contribution in [3.8, 4) is 5.75 Å². The second-order valence-electron chi connectivity index (χ2n) is 4.04. The predicted octanol–water partition coefficient (Wildman–Crippen LogP) is 2.29. The van der Waals surface area contributed by atoms with E-state index in [1.165, 1.54) is 11.4 Å². The first-order valence-electron chi connectivity index (χ1n) is 5.10. The number of carbonyl (C=O) groups is 2. The van der Waals surface area contributed by atoms with Gasteiger partial charge in [-0.15, -0.1) is 0 Å². The van der Waals surface area contributed by atoms with Gasteiger partial charge >= 0.3 is 12.1 Å². The zero-order chi connectivity index (χ0) is 15.7. The van der Waals surface area contributed by atoms with E-state index in [0.717, 1.165) is 12.1 Å².